The van der Waals surface area contributed by atoms with E-state index in [2.05, 4.69) is 0 Å². The lowest BCUT2D eigenvalue weighted by Crippen LogP contribution is -2.47. The topological polar surface area (TPSA) is 72.9 Å². The number of carbonyl (C=O) groups is 3. The maximum absolute atomic E-state index is 12.7. The summed E-state index contributed by atoms with van der Waals surface area (Å²) in [4.78, 5) is 37.4. The minimum atomic E-state index is -0.672. The zero-order chi connectivity index (χ0) is 19.2. The summed E-state index contributed by atoms with van der Waals surface area (Å²) in [5.41, 5.74) is 0.246. The molecule has 1 saturated heterocycles. The maximum Gasteiger partial charge on any atom is 0.411 e. The number of benzene rings is 1. The van der Waals surface area contributed by atoms with Crippen molar-refractivity contribution in [3.63, 3.8) is 0 Å². The molecule has 0 spiro atoms. The Bertz CT molecular complexity index is 623. The molecule has 0 unspecified atom stereocenters. The van der Waals surface area contributed by atoms with Crippen LogP contribution in [0.1, 0.15) is 52.0 Å². The predicted molar refractivity (Wildman–Crippen MR) is 96.4 cm³/mol. The fourth-order valence-corrected chi connectivity index (χ4v) is 3.10. The van der Waals surface area contributed by atoms with Gasteiger partial charge in [-0.25, -0.2) is 9.59 Å². The van der Waals surface area contributed by atoms with Crippen LogP contribution in [-0.4, -0.2) is 40.9 Å². The van der Waals surface area contributed by atoms with Gasteiger partial charge in [-0.1, -0.05) is 30.3 Å². The summed E-state index contributed by atoms with van der Waals surface area (Å²) in [6, 6.07) is 8.50. The normalized spacial score (nSPS) is 19.9. The second-order valence-electron chi connectivity index (χ2n) is 7.47. The van der Waals surface area contributed by atoms with Crippen LogP contribution < -0.4 is 0 Å². The fourth-order valence-electron chi connectivity index (χ4n) is 3.10. The van der Waals surface area contributed by atoms with Crippen molar-refractivity contribution in [3.8, 4) is 0 Å². The molecule has 0 N–H and O–H groups in total. The van der Waals surface area contributed by atoms with Gasteiger partial charge in [0.15, 0.2) is 0 Å². The summed E-state index contributed by atoms with van der Waals surface area (Å²) in [7, 11) is 0. The number of hydrogen-bond acceptors (Lipinski definition) is 5. The van der Waals surface area contributed by atoms with Crippen LogP contribution in [0.2, 0.25) is 0 Å². The lowest BCUT2D eigenvalue weighted by molar-refractivity contribution is -0.160. The van der Waals surface area contributed by atoms with Crippen molar-refractivity contribution in [1.29, 1.82) is 0 Å². The van der Waals surface area contributed by atoms with E-state index in [4.69, 9.17) is 9.47 Å². The van der Waals surface area contributed by atoms with Gasteiger partial charge in [0.05, 0.1) is 0 Å². The van der Waals surface area contributed by atoms with Crippen LogP contribution >= 0.6 is 0 Å². The highest BCUT2D eigenvalue weighted by atomic mass is 16.6. The Morgan fingerprint density at radius 2 is 1.88 bits per heavy atom. The van der Waals surface area contributed by atoms with Crippen molar-refractivity contribution in [1.82, 2.24) is 4.90 Å². The number of amides is 1. The third-order valence-corrected chi connectivity index (χ3v) is 4.22. The number of aldehydes is 1. The molecule has 1 heterocycles. The second kappa shape index (κ2) is 8.83. The Hall–Kier alpha value is -2.37. The van der Waals surface area contributed by atoms with Crippen LogP contribution in [0.3, 0.4) is 0 Å². The average molecular weight is 361 g/mol. The molecule has 2 atom stereocenters. The minimum Gasteiger partial charge on any atom is -0.458 e. The van der Waals surface area contributed by atoms with Crippen LogP contribution in [0.4, 0.5) is 4.79 Å². The second-order valence-corrected chi connectivity index (χ2v) is 7.47. The number of rotatable bonds is 6. The Labute approximate surface area is 154 Å². The molecule has 6 nitrogen and oxygen atoms in total. The molecule has 1 aromatic carbocycles. The highest BCUT2D eigenvalue weighted by molar-refractivity contribution is 5.82. The first-order valence-corrected chi connectivity index (χ1v) is 8.97. The van der Waals surface area contributed by atoms with Crippen molar-refractivity contribution in [2.24, 2.45) is 0 Å². The van der Waals surface area contributed by atoms with Crippen molar-refractivity contribution >= 4 is 18.3 Å². The summed E-state index contributed by atoms with van der Waals surface area (Å²) in [5, 5.41) is 0. The molecule has 1 fully saturated rings. The number of esters is 1. The fraction of sp³-hybridized carbons (Fsp3) is 0.550. The Morgan fingerprint density at radius 1 is 1.19 bits per heavy atom. The molecular formula is C20H27NO5. The number of nitrogens with zero attached hydrogens (tertiary/aromatic N) is 1. The van der Waals surface area contributed by atoms with Gasteiger partial charge in [-0.05, 0) is 45.6 Å². The minimum absolute atomic E-state index is 0.137. The quantitative estimate of drug-likeness (QED) is 0.573. The molecule has 1 aliphatic heterocycles. The molecule has 2 rings (SSSR count). The largest absolute Gasteiger partial charge is 0.458 e. The first-order valence-electron chi connectivity index (χ1n) is 8.97. The molecule has 1 aromatic rings. The van der Waals surface area contributed by atoms with Gasteiger partial charge in [0.1, 0.15) is 24.5 Å². The molecule has 142 valence electrons. The third kappa shape index (κ3) is 5.58. The van der Waals surface area contributed by atoms with Gasteiger partial charge in [0.2, 0.25) is 0 Å². The van der Waals surface area contributed by atoms with Crippen molar-refractivity contribution in [2.75, 3.05) is 0 Å². The Kier molecular flexibility index (Phi) is 6.77. The Morgan fingerprint density at radius 3 is 2.50 bits per heavy atom. The number of carbonyl (C=O) groups excluding carboxylic acids is 3. The van der Waals surface area contributed by atoms with Gasteiger partial charge in [-0.3, -0.25) is 4.90 Å². The highest BCUT2D eigenvalue weighted by Crippen LogP contribution is 2.30. The molecule has 0 aliphatic carbocycles. The van der Waals surface area contributed by atoms with Crippen LogP contribution in [0.15, 0.2) is 30.3 Å². The average Bonchev–Trinajstić information content (AvgIpc) is 3.01. The Balaban J connectivity index is 2.08. The summed E-state index contributed by atoms with van der Waals surface area (Å²) in [6.07, 6.45) is 2.31. The van der Waals surface area contributed by atoms with Crippen molar-refractivity contribution < 1.29 is 23.9 Å². The lowest BCUT2D eigenvalue weighted by Gasteiger charge is -2.30. The molecular weight excluding hydrogens is 334 g/mol. The van der Waals surface area contributed by atoms with Crippen LogP contribution in [0.5, 0.6) is 0 Å². The van der Waals surface area contributed by atoms with E-state index in [-0.39, 0.29) is 12.6 Å². The lowest BCUT2D eigenvalue weighted by atomic mass is 10.1. The van der Waals surface area contributed by atoms with E-state index in [0.717, 1.165) is 11.8 Å². The summed E-state index contributed by atoms with van der Waals surface area (Å²) in [5.74, 6) is -0.428. The number of hydrogen-bond donors (Lipinski definition) is 0. The molecule has 1 aliphatic rings. The first-order chi connectivity index (χ1) is 12.3. The van der Waals surface area contributed by atoms with Crippen LogP contribution in [0, 0.1) is 0 Å². The maximum atomic E-state index is 12.7. The van der Waals surface area contributed by atoms with E-state index in [1.165, 1.54) is 4.90 Å². The van der Waals surface area contributed by atoms with E-state index in [1.807, 2.05) is 30.3 Å². The summed E-state index contributed by atoms with van der Waals surface area (Å²) in [6.45, 7) is 5.52. The van der Waals surface area contributed by atoms with Crippen molar-refractivity contribution in [2.45, 2.75) is 70.7 Å². The number of likely N-dealkylation sites (tertiary alicyclic amines) is 1. The summed E-state index contributed by atoms with van der Waals surface area (Å²) < 4.78 is 10.9. The van der Waals surface area contributed by atoms with E-state index in [9.17, 15) is 14.4 Å². The highest BCUT2D eigenvalue weighted by Gasteiger charge is 2.43. The van der Waals surface area contributed by atoms with E-state index >= 15 is 0 Å². The van der Waals surface area contributed by atoms with Crippen LogP contribution in [-0.2, 0) is 25.7 Å². The molecule has 0 bridgehead atoms. The molecule has 6 heteroatoms. The molecule has 0 aromatic heterocycles. The standard InChI is InChI=1S/C20H27NO5/c1-20(2,3)26-18(23)17-12-11-16(10-7-13-22)21(17)19(24)25-14-15-8-5-4-6-9-15/h4-6,8-9,13,16-17H,7,10-12,14H2,1-3H3/t16-,17+/m1/s1. The van der Waals surface area contributed by atoms with Gasteiger partial charge in [0.25, 0.3) is 0 Å². The van der Waals surface area contributed by atoms with E-state index < -0.39 is 23.7 Å². The monoisotopic (exact) mass is 361 g/mol. The van der Waals surface area contributed by atoms with E-state index in [0.29, 0.717) is 25.7 Å². The van der Waals surface area contributed by atoms with Gasteiger partial charge in [0, 0.05) is 12.5 Å². The van der Waals surface area contributed by atoms with Crippen molar-refractivity contribution in [3.05, 3.63) is 35.9 Å². The molecule has 1 amide bonds. The zero-order valence-corrected chi connectivity index (χ0v) is 15.6. The smallest absolute Gasteiger partial charge is 0.411 e. The molecule has 0 saturated carbocycles. The van der Waals surface area contributed by atoms with E-state index in [1.54, 1.807) is 20.8 Å². The third-order valence-electron chi connectivity index (χ3n) is 4.22. The SMILES string of the molecule is CC(C)(C)OC(=O)[C@@H]1CC[C@@H](CCC=O)N1C(=O)OCc1ccccc1. The number of ether oxygens (including phenoxy) is 2. The van der Waals surface area contributed by atoms with Crippen LogP contribution in [0.25, 0.3) is 0 Å². The summed E-state index contributed by atoms with van der Waals surface area (Å²) >= 11 is 0. The molecule has 0 radical (unpaired) electrons. The van der Waals surface area contributed by atoms with Gasteiger partial charge >= 0.3 is 12.1 Å². The van der Waals surface area contributed by atoms with Gasteiger partial charge in [-0.2, -0.15) is 0 Å². The predicted octanol–water partition coefficient (Wildman–Crippen LogP) is 3.48. The first kappa shape index (κ1) is 19.9. The zero-order valence-electron chi connectivity index (χ0n) is 15.6. The molecule has 26 heavy (non-hydrogen) atoms. The van der Waals surface area contributed by atoms with Gasteiger partial charge in [-0.15, -0.1) is 0 Å². The van der Waals surface area contributed by atoms with Gasteiger partial charge < -0.3 is 14.3 Å².